The Bertz CT molecular complexity index is 952. The summed E-state index contributed by atoms with van der Waals surface area (Å²) in [6.07, 6.45) is 3.77. The Hall–Kier alpha value is -3.42. The van der Waals surface area contributed by atoms with Crippen LogP contribution >= 0.6 is 0 Å². The van der Waals surface area contributed by atoms with Crippen molar-refractivity contribution < 1.29 is 9.59 Å². The molecule has 2 aromatic heterocycles. The zero-order valence-corrected chi connectivity index (χ0v) is 14.9. The SMILES string of the molecule is Cn1cncc1C(=O)N[C@H]1Cc2cc(C(=O)NCc3ccccc3)nn2C1. The Labute approximate surface area is 156 Å². The number of nitrogens with zero attached hydrogens (tertiary/aromatic N) is 4. The van der Waals surface area contributed by atoms with Gasteiger partial charge in [-0.3, -0.25) is 14.3 Å². The van der Waals surface area contributed by atoms with Gasteiger partial charge < -0.3 is 15.2 Å². The number of hydrogen-bond donors (Lipinski definition) is 2. The summed E-state index contributed by atoms with van der Waals surface area (Å²) in [5.41, 5.74) is 2.89. The first-order valence-corrected chi connectivity index (χ1v) is 8.76. The van der Waals surface area contributed by atoms with Crippen molar-refractivity contribution in [3.8, 4) is 0 Å². The number of rotatable bonds is 5. The lowest BCUT2D eigenvalue weighted by Crippen LogP contribution is -2.37. The van der Waals surface area contributed by atoms with E-state index in [1.54, 1.807) is 28.7 Å². The minimum atomic E-state index is -0.198. The molecule has 2 amide bonds. The van der Waals surface area contributed by atoms with Crippen LogP contribution in [0.4, 0.5) is 0 Å². The van der Waals surface area contributed by atoms with Crippen LogP contribution in [0.3, 0.4) is 0 Å². The van der Waals surface area contributed by atoms with Gasteiger partial charge in [-0.25, -0.2) is 4.98 Å². The smallest absolute Gasteiger partial charge is 0.272 e. The number of nitrogens with one attached hydrogen (secondary N) is 2. The van der Waals surface area contributed by atoms with E-state index in [4.69, 9.17) is 0 Å². The van der Waals surface area contributed by atoms with E-state index in [0.717, 1.165) is 11.3 Å². The van der Waals surface area contributed by atoms with Crippen molar-refractivity contribution in [1.29, 1.82) is 0 Å². The number of amides is 2. The lowest BCUT2D eigenvalue weighted by atomic mass is 10.2. The number of fused-ring (bicyclic) bond motifs is 1. The molecule has 138 valence electrons. The molecule has 0 unspecified atom stereocenters. The highest BCUT2D eigenvalue weighted by Gasteiger charge is 2.27. The molecule has 1 aliphatic heterocycles. The van der Waals surface area contributed by atoms with E-state index in [1.807, 2.05) is 30.3 Å². The number of imidazole rings is 1. The molecule has 1 aliphatic rings. The maximum absolute atomic E-state index is 12.3. The van der Waals surface area contributed by atoms with Crippen LogP contribution in [0.1, 0.15) is 32.2 Å². The van der Waals surface area contributed by atoms with E-state index < -0.39 is 0 Å². The molecule has 3 aromatic rings. The second-order valence-corrected chi connectivity index (χ2v) is 6.64. The molecule has 0 fully saturated rings. The molecule has 3 heterocycles. The van der Waals surface area contributed by atoms with Crippen molar-refractivity contribution >= 4 is 11.8 Å². The molecule has 0 bridgehead atoms. The van der Waals surface area contributed by atoms with Crippen molar-refractivity contribution in [1.82, 2.24) is 30.0 Å². The summed E-state index contributed by atoms with van der Waals surface area (Å²) in [7, 11) is 1.78. The fourth-order valence-corrected chi connectivity index (χ4v) is 3.22. The molecular formula is C19H20N6O2. The molecule has 4 rings (SSSR count). The highest BCUT2D eigenvalue weighted by Crippen LogP contribution is 2.17. The summed E-state index contributed by atoms with van der Waals surface area (Å²) in [5.74, 6) is -0.359. The van der Waals surface area contributed by atoms with Gasteiger partial charge in [-0.15, -0.1) is 0 Å². The molecule has 1 atom stereocenters. The number of benzene rings is 1. The van der Waals surface area contributed by atoms with E-state index >= 15 is 0 Å². The monoisotopic (exact) mass is 364 g/mol. The van der Waals surface area contributed by atoms with Gasteiger partial charge in [-0.2, -0.15) is 5.10 Å². The molecule has 1 aromatic carbocycles. The van der Waals surface area contributed by atoms with Crippen molar-refractivity contribution in [3.05, 3.63) is 71.6 Å². The largest absolute Gasteiger partial charge is 0.347 e. The van der Waals surface area contributed by atoms with Gasteiger partial charge in [0.25, 0.3) is 11.8 Å². The lowest BCUT2D eigenvalue weighted by Gasteiger charge is -2.11. The normalized spacial score (nSPS) is 15.4. The Morgan fingerprint density at radius 1 is 1.22 bits per heavy atom. The minimum Gasteiger partial charge on any atom is -0.347 e. The standard InChI is InChI=1S/C19H20N6O2/c1-24-12-20-10-17(24)19(27)22-14-7-15-8-16(23-25(15)11-14)18(26)21-9-13-5-3-2-4-6-13/h2-6,8,10,12,14H,7,9,11H2,1H3,(H,21,26)(H,22,27)/t14-/m0/s1. The number of aromatic nitrogens is 4. The first kappa shape index (κ1) is 17.0. The van der Waals surface area contributed by atoms with Crippen molar-refractivity contribution in [2.75, 3.05) is 0 Å². The number of carbonyl (C=O) groups excluding carboxylic acids is 2. The molecule has 8 heteroatoms. The van der Waals surface area contributed by atoms with Gasteiger partial charge in [0.05, 0.1) is 25.1 Å². The lowest BCUT2D eigenvalue weighted by molar-refractivity contribution is 0.0921. The topological polar surface area (TPSA) is 93.8 Å². The van der Waals surface area contributed by atoms with Gasteiger partial charge in [-0.1, -0.05) is 30.3 Å². The summed E-state index contributed by atoms with van der Waals surface area (Å²) in [4.78, 5) is 28.6. The predicted octanol–water partition coefficient (Wildman–Crippen LogP) is 0.901. The maximum Gasteiger partial charge on any atom is 0.272 e. The fraction of sp³-hybridized carbons (Fsp3) is 0.263. The van der Waals surface area contributed by atoms with Crippen LogP contribution in [-0.2, 0) is 26.6 Å². The fourth-order valence-electron chi connectivity index (χ4n) is 3.22. The van der Waals surface area contributed by atoms with Crippen LogP contribution < -0.4 is 10.6 Å². The summed E-state index contributed by atoms with van der Waals surface area (Å²) >= 11 is 0. The van der Waals surface area contributed by atoms with Crippen molar-refractivity contribution in [2.45, 2.75) is 25.6 Å². The quantitative estimate of drug-likeness (QED) is 0.703. The molecule has 0 aliphatic carbocycles. The van der Waals surface area contributed by atoms with Crippen molar-refractivity contribution in [2.24, 2.45) is 7.05 Å². The zero-order valence-electron chi connectivity index (χ0n) is 14.9. The Kier molecular flexibility index (Phi) is 4.45. The second kappa shape index (κ2) is 7.06. The summed E-state index contributed by atoms with van der Waals surface area (Å²) in [6, 6.07) is 11.5. The molecule has 2 N–H and O–H groups in total. The highest BCUT2D eigenvalue weighted by atomic mass is 16.2. The third-order valence-electron chi connectivity index (χ3n) is 4.63. The van der Waals surface area contributed by atoms with E-state index in [0.29, 0.717) is 30.9 Å². The van der Waals surface area contributed by atoms with Crippen LogP contribution in [0.25, 0.3) is 0 Å². The first-order chi connectivity index (χ1) is 13.1. The van der Waals surface area contributed by atoms with Gasteiger partial charge in [-0.05, 0) is 11.6 Å². The summed E-state index contributed by atoms with van der Waals surface area (Å²) in [6.45, 7) is 1.01. The van der Waals surface area contributed by atoms with Gasteiger partial charge in [0.2, 0.25) is 0 Å². The maximum atomic E-state index is 12.3. The van der Waals surface area contributed by atoms with Crippen LogP contribution in [0.5, 0.6) is 0 Å². The Morgan fingerprint density at radius 2 is 2.04 bits per heavy atom. The highest BCUT2D eigenvalue weighted by molar-refractivity contribution is 5.93. The molecule has 0 radical (unpaired) electrons. The average Bonchev–Trinajstić information content (AvgIpc) is 3.35. The van der Waals surface area contributed by atoms with E-state index in [9.17, 15) is 9.59 Å². The first-order valence-electron chi connectivity index (χ1n) is 8.76. The van der Waals surface area contributed by atoms with Crippen molar-refractivity contribution in [3.63, 3.8) is 0 Å². The Balaban J connectivity index is 1.34. The van der Waals surface area contributed by atoms with Gasteiger partial charge >= 0.3 is 0 Å². The van der Waals surface area contributed by atoms with E-state index in [-0.39, 0.29) is 17.9 Å². The summed E-state index contributed by atoms with van der Waals surface area (Å²) in [5, 5.41) is 10.2. The van der Waals surface area contributed by atoms with Gasteiger partial charge in [0, 0.05) is 25.7 Å². The predicted molar refractivity (Wildman–Crippen MR) is 98.0 cm³/mol. The Morgan fingerprint density at radius 3 is 2.74 bits per heavy atom. The second-order valence-electron chi connectivity index (χ2n) is 6.64. The molecule has 0 saturated heterocycles. The van der Waals surface area contributed by atoms with Crippen LogP contribution in [0.2, 0.25) is 0 Å². The van der Waals surface area contributed by atoms with Gasteiger partial charge in [0.1, 0.15) is 11.4 Å². The van der Waals surface area contributed by atoms with E-state index in [1.165, 1.54) is 6.20 Å². The average molecular weight is 364 g/mol. The third-order valence-corrected chi connectivity index (χ3v) is 4.63. The van der Waals surface area contributed by atoms with Crippen LogP contribution in [0.15, 0.2) is 48.9 Å². The molecule has 27 heavy (non-hydrogen) atoms. The molecule has 0 spiro atoms. The third kappa shape index (κ3) is 3.59. The van der Waals surface area contributed by atoms with Crippen LogP contribution in [0, 0.1) is 0 Å². The molecule has 8 nitrogen and oxygen atoms in total. The van der Waals surface area contributed by atoms with Gasteiger partial charge in [0.15, 0.2) is 0 Å². The van der Waals surface area contributed by atoms with Crippen LogP contribution in [-0.4, -0.2) is 37.2 Å². The molecule has 0 saturated carbocycles. The van der Waals surface area contributed by atoms with E-state index in [2.05, 4.69) is 20.7 Å². The summed E-state index contributed by atoms with van der Waals surface area (Å²) < 4.78 is 3.46. The number of hydrogen-bond acceptors (Lipinski definition) is 4. The number of carbonyl (C=O) groups is 2. The zero-order chi connectivity index (χ0) is 18.8. The molecular weight excluding hydrogens is 344 g/mol. The number of aryl methyl sites for hydroxylation is 1. The minimum absolute atomic E-state index is 0.0451.